The number of unbranched alkanes of at least 4 members (excludes halogenated alkanes) is 1. The SMILES string of the molecule is [NH3+]CCCC[C@H](NC(=O)N[C@@H](CCC(=O)O)C(=O)O)C(=O)O. The van der Waals surface area contributed by atoms with E-state index in [1.807, 2.05) is 0 Å². The number of aliphatic carboxylic acids is 3. The molecular weight excluding hydrogens is 298 g/mol. The average molecular weight is 320 g/mol. The second kappa shape index (κ2) is 10.4. The molecule has 0 radical (unpaired) electrons. The lowest BCUT2D eigenvalue weighted by Gasteiger charge is -2.18. The lowest BCUT2D eigenvalue weighted by Crippen LogP contribution is -2.51. The Hall–Kier alpha value is -2.36. The summed E-state index contributed by atoms with van der Waals surface area (Å²) in [5.41, 5.74) is 3.62. The fourth-order valence-corrected chi connectivity index (χ4v) is 1.67. The summed E-state index contributed by atoms with van der Waals surface area (Å²) in [5.74, 6) is -3.80. The van der Waals surface area contributed by atoms with Crippen molar-refractivity contribution < 1.29 is 40.2 Å². The Bertz CT molecular complexity index is 414. The Morgan fingerprint density at radius 2 is 1.36 bits per heavy atom. The predicted octanol–water partition coefficient (Wildman–Crippen LogP) is -1.53. The summed E-state index contributed by atoms with van der Waals surface area (Å²) < 4.78 is 0. The Balaban J connectivity index is 4.47. The standard InChI is InChI=1S/C12H21N3O7/c13-6-2-1-3-7(10(18)19)14-12(22)15-8(11(20)21)4-5-9(16)17/h7-8H,1-6,13H2,(H,16,17)(H,18,19)(H,20,21)(H2,14,15,22)/p+1/t7-,8-/m0/s1. The number of carboxylic acid groups (broad SMARTS) is 3. The Morgan fingerprint density at radius 1 is 0.864 bits per heavy atom. The van der Waals surface area contributed by atoms with E-state index in [4.69, 9.17) is 15.3 Å². The van der Waals surface area contributed by atoms with Gasteiger partial charge in [-0.2, -0.15) is 0 Å². The molecule has 2 amide bonds. The largest absolute Gasteiger partial charge is 0.481 e. The molecule has 0 unspecified atom stereocenters. The molecule has 126 valence electrons. The molecule has 0 saturated carbocycles. The van der Waals surface area contributed by atoms with Crippen LogP contribution < -0.4 is 16.4 Å². The highest BCUT2D eigenvalue weighted by molar-refractivity contribution is 5.86. The molecule has 2 atom stereocenters. The number of rotatable bonds is 11. The number of amides is 2. The number of hydrogen-bond donors (Lipinski definition) is 6. The van der Waals surface area contributed by atoms with Crippen LogP contribution in [-0.4, -0.2) is 57.9 Å². The normalized spacial score (nSPS) is 13.0. The van der Waals surface area contributed by atoms with Gasteiger partial charge in [-0.15, -0.1) is 0 Å². The summed E-state index contributed by atoms with van der Waals surface area (Å²) in [6, 6.07) is -3.49. The predicted molar refractivity (Wildman–Crippen MR) is 73.0 cm³/mol. The fraction of sp³-hybridized carbons (Fsp3) is 0.667. The van der Waals surface area contributed by atoms with Crippen molar-refractivity contribution in [3.8, 4) is 0 Å². The fourth-order valence-electron chi connectivity index (χ4n) is 1.67. The average Bonchev–Trinajstić information content (AvgIpc) is 2.41. The number of quaternary nitrogens is 1. The monoisotopic (exact) mass is 320 g/mol. The van der Waals surface area contributed by atoms with Gasteiger partial charge in [0.2, 0.25) is 0 Å². The molecule has 0 aromatic rings. The van der Waals surface area contributed by atoms with Gasteiger partial charge in [0, 0.05) is 6.42 Å². The first-order chi connectivity index (χ1) is 10.3. The quantitative estimate of drug-likeness (QED) is 0.250. The molecule has 0 bridgehead atoms. The van der Waals surface area contributed by atoms with Crippen molar-refractivity contribution in [1.82, 2.24) is 10.6 Å². The second-order valence-electron chi connectivity index (χ2n) is 4.68. The van der Waals surface area contributed by atoms with Crippen molar-refractivity contribution in [3.05, 3.63) is 0 Å². The van der Waals surface area contributed by atoms with Gasteiger partial charge in [-0.25, -0.2) is 14.4 Å². The highest BCUT2D eigenvalue weighted by atomic mass is 16.4. The van der Waals surface area contributed by atoms with Crippen LogP contribution in [0.3, 0.4) is 0 Å². The van der Waals surface area contributed by atoms with Gasteiger partial charge >= 0.3 is 23.9 Å². The zero-order valence-electron chi connectivity index (χ0n) is 12.1. The van der Waals surface area contributed by atoms with Crippen molar-refractivity contribution in [2.24, 2.45) is 0 Å². The van der Waals surface area contributed by atoms with Gasteiger partial charge in [0.1, 0.15) is 12.1 Å². The molecule has 0 fully saturated rings. The van der Waals surface area contributed by atoms with Gasteiger partial charge < -0.3 is 31.7 Å². The van der Waals surface area contributed by atoms with Crippen molar-refractivity contribution in [2.45, 2.75) is 44.2 Å². The van der Waals surface area contributed by atoms with Crippen molar-refractivity contribution >= 4 is 23.9 Å². The number of carbonyl (C=O) groups is 4. The van der Waals surface area contributed by atoms with E-state index in [2.05, 4.69) is 16.4 Å². The summed E-state index contributed by atoms with van der Waals surface area (Å²) >= 11 is 0. The minimum Gasteiger partial charge on any atom is -0.481 e. The van der Waals surface area contributed by atoms with E-state index in [1.54, 1.807) is 0 Å². The van der Waals surface area contributed by atoms with Crippen molar-refractivity contribution in [1.29, 1.82) is 0 Å². The van der Waals surface area contributed by atoms with Crippen LogP contribution in [0.2, 0.25) is 0 Å². The zero-order chi connectivity index (χ0) is 17.1. The molecule has 0 aromatic heterocycles. The van der Waals surface area contributed by atoms with E-state index >= 15 is 0 Å². The number of carbonyl (C=O) groups excluding carboxylic acids is 1. The summed E-state index contributed by atoms with van der Waals surface area (Å²) in [4.78, 5) is 44.0. The van der Waals surface area contributed by atoms with Crippen LogP contribution in [0.25, 0.3) is 0 Å². The summed E-state index contributed by atoms with van der Waals surface area (Å²) in [6.45, 7) is 0.648. The lowest BCUT2D eigenvalue weighted by molar-refractivity contribution is -0.368. The number of hydrogen-bond acceptors (Lipinski definition) is 4. The first-order valence-corrected chi connectivity index (χ1v) is 6.81. The lowest BCUT2D eigenvalue weighted by atomic mass is 10.1. The topological polar surface area (TPSA) is 181 Å². The number of carboxylic acids is 3. The van der Waals surface area contributed by atoms with Gasteiger partial charge in [-0.3, -0.25) is 4.79 Å². The Kier molecular flexibility index (Phi) is 9.27. The molecule has 0 aliphatic carbocycles. The van der Waals surface area contributed by atoms with Gasteiger partial charge in [0.15, 0.2) is 0 Å². The van der Waals surface area contributed by atoms with E-state index in [-0.39, 0.29) is 12.8 Å². The number of urea groups is 1. The van der Waals surface area contributed by atoms with Crippen LogP contribution in [0.5, 0.6) is 0 Å². The number of nitrogens with one attached hydrogen (secondary N) is 2. The molecule has 0 aliphatic rings. The van der Waals surface area contributed by atoms with Crippen LogP contribution in [0.1, 0.15) is 32.1 Å². The maximum atomic E-state index is 11.6. The molecular formula is C12H22N3O7+. The molecule has 22 heavy (non-hydrogen) atoms. The van der Waals surface area contributed by atoms with E-state index in [0.717, 1.165) is 0 Å². The first kappa shape index (κ1) is 19.6. The highest BCUT2D eigenvalue weighted by Gasteiger charge is 2.24. The van der Waals surface area contributed by atoms with E-state index < -0.39 is 42.4 Å². The van der Waals surface area contributed by atoms with Crippen LogP contribution in [0.4, 0.5) is 4.79 Å². The maximum absolute atomic E-state index is 11.6. The van der Waals surface area contributed by atoms with E-state index in [9.17, 15) is 19.2 Å². The van der Waals surface area contributed by atoms with Crippen LogP contribution >= 0.6 is 0 Å². The maximum Gasteiger partial charge on any atom is 0.326 e. The second-order valence-corrected chi connectivity index (χ2v) is 4.68. The molecule has 8 N–H and O–H groups in total. The summed E-state index contributed by atoms with van der Waals surface area (Å²) in [6.07, 6.45) is 0.747. The summed E-state index contributed by atoms with van der Waals surface area (Å²) in [7, 11) is 0. The Labute approximate surface area is 126 Å². The van der Waals surface area contributed by atoms with Gasteiger partial charge in [-0.1, -0.05) is 0 Å². The Morgan fingerprint density at radius 3 is 1.77 bits per heavy atom. The molecule has 0 rings (SSSR count). The molecule has 0 aromatic carbocycles. The van der Waals surface area contributed by atoms with E-state index in [0.29, 0.717) is 19.4 Å². The highest BCUT2D eigenvalue weighted by Crippen LogP contribution is 2.02. The molecule has 10 nitrogen and oxygen atoms in total. The molecule has 0 spiro atoms. The first-order valence-electron chi connectivity index (χ1n) is 6.81. The minimum atomic E-state index is -1.40. The smallest absolute Gasteiger partial charge is 0.326 e. The summed E-state index contributed by atoms with van der Waals surface area (Å²) in [5, 5.41) is 30.6. The van der Waals surface area contributed by atoms with Crippen LogP contribution in [-0.2, 0) is 14.4 Å². The molecule has 10 heteroatoms. The van der Waals surface area contributed by atoms with Crippen molar-refractivity contribution in [2.75, 3.05) is 6.54 Å². The third-order valence-corrected chi connectivity index (χ3v) is 2.85. The van der Waals surface area contributed by atoms with E-state index in [1.165, 1.54) is 0 Å². The van der Waals surface area contributed by atoms with Crippen molar-refractivity contribution in [3.63, 3.8) is 0 Å². The van der Waals surface area contributed by atoms with Crippen LogP contribution in [0, 0.1) is 0 Å². The van der Waals surface area contributed by atoms with Gasteiger partial charge in [-0.05, 0) is 25.7 Å². The third kappa shape index (κ3) is 8.74. The van der Waals surface area contributed by atoms with Gasteiger partial charge in [0.25, 0.3) is 0 Å². The van der Waals surface area contributed by atoms with Crippen LogP contribution in [0.15, 0.2) is 0 Å². The molecule has 0 aliphatic heterocycles. The zero-order valence-corrected chi connectivity index (χ0v) is 12.1. The van der Waals surface area contributed by atoms with Gasteiger partial charge in [0.05, 0.1) is 6.54 Å². The molecule has 0 heterocycles. The minimum absolute atomic E-state index is 0.200. The molecule has 0 saturated heterocycles. The third-order valence-electron chi connectivity index (χ3n) is 2.85.